The van der Waals surface area contributed by atoms with Crippen molar-refractivity contribution in [2.75, 3.05) is 27.4 Å². The number of aliphatic hydroxyl groups excluding tert-OH is 1. The number of carbonyl (C=O) groups is 1. The number of methoxy groups -OCH3 is 1. The molecule has 128 valence electrons. The highest BCUT2D eigenvalue weighted by atomic mass is 32.2. The fourth-order valence-corrected chi connectivity index (χ4v) is 3.55. The van der Waals surface area contributed by atoms with Gasteiger partial charge in [-0.2, -0.15) is 0 Å². The van der Waals surface area contributed by atoms with Gasteiger partial charge >= 0.3 is 0 Å². The third-order valence-corrected chi connectivity index (χ3v) is 5.07. The Morgan fingerprint density at radius 1 is 1.43 bits per heavy atom. The second kappa shape index (κ2) is 7.26. The summed E-state index contributed by atoms with van der Waals surface area (Å²) in [6, 6.07) is 3.26. The summed E-state index contributed by atoms with van der Waals surface area (Å²) >= 11 is 0. The Labute approximate surface area is 134 Å². The Morgan fingerprint density at radius 3 is 2.78 bits per heavy atom. The lowest BCUT2D eigenvalue weighted by atomic mass is 10.1. The van der Waals surface area contributed by atoms with Crippen molar-refractivity contribution in [3.05, 3.63) is 23.8 Å². The maximum absolute atomic E-state index is 12.5. The minimum Gasteiger partial charge on any atom is -0.496 e. The lowest BCUT2D eigenvalue weighted by molar-refractivity contribution is -0.00841. The summed E-state index contributed by atoms with van der Waals surface area (Å²) < 4.78 is 37.6. The molecule has 1 aromatic rings. The van der Waals surface area contributed by atoms with Gasteiger partial charge in [0.05, 0.1) is 36.3 Å². The fraction of sp³-hybridized carbons (Fsp3) is 0.500. The van der Waals surface area contributed by atoms with Gasteiger partial charge in [0.15, 0.2) is 0 Å². The van der Waals surface area contributed by atoms with Crippen LogP contribution >= 0.6 is 0 Å². The molecule has 2 rings (SSSR count). The van der Waals surface area contributed by atoms with Crippen molar-refractivity contribution in [3.63, 3.8) is 0 Å². The number of nitrogens with one attached hydrogen (secondary N) is 2. The first-order chi connectivity index (χ1) is 10.9. The van der Waals surface area contributed by atoms with E-state index in [2.05, 4.69) is 10.0 Å². The zero-order chi connectivity index (χ0) is 17.0. The van der Waals surface area contributed by atoms with Crippen LogP contribution in [0.2, 0.25) is 0 Å². The molecule has 2 atom stereocenters. The maximum Gasteiger partial charge on any atom is 0.254 e. The lowest BCUT2D eigenvalue weighted by Crippen LogP contribution is -2.49. The molecule has 1 aromatic carbocycles. The molecule has 1 heterocycles. The van der Waals surface area contributed by atoms with Gasteiger partial charge in [-0.25, -0.2) is 13.1 Å². The molecule has 1 amide bonds. The Balaban J connectivity index is 2.30. The number of benzene rings is 1. The van der Waals surface area contributed by atoms with Crippen LogP contribution in [0.25, 0.3) is 0 Å². The van der Waals surface area contributed by atoms with E-state index in [1.54, 1.807) is 0 Å². The second-order valence-corrected chi connectivity index (χ2v) is 6.81. The van der Waals surface area contributed by atoms with E-state index < -0.39 is 28.1 Å². The summed E-state index contributed by atoms with van der Waals surface area (Å²) in [6.45, 7) is 0.488. The van der Waals surface area contributed by atoms with Crippen molar-refractivity contribution in [3.8, 4) is 5.75 Å². The normalized spacial score (nSPS) is 21.7. The summed E-state index contributed by atoms with van der Waals surface area (Å²) in [4.78, 5) is 11.8. The molecule has 0 aliphatic carbocycles. The first-order valence-electron chi connectivity index (χ1n) is 7.07. The molecule has 1 aliphatic heterocycles. The molecule has 9 heteroatoms. The molecule has 0 saturated carbocycles. The molecule has 0 unspecified atom stereocenters. The standard InChI is InChI=1S/C14H20N2O6S/c1-15-14(18)10-7-9(3-4-13(10)21-2)23(19,20)16-11-8-22-6-5-12(11)17/h3-4,7,11-12,16-17H,5-6,8H2,1-2H3,(H,15,18)/t11-,12-/m1/s1. The van der Waals surface area contributed by atoms with E-state index in [4.69, 9.17) is 9.47 Å². The predicted molar refractivity (Wildman–Crippen MR) is 81.9 cm³/mol. The van der Waals surface area contributed by atoms with E-state index in [1.807, 2.05) is 0 Å². The van der Waals surface area contributed by atoms with Crippen LogP contribution in [0, 0.1) is 0 Å². The Bertz CT molecular complexity index is 676. The fourth-order valence-electron chi connectivity index (χ4n) is 2.27. The molecular formula is C14H20N2O6S. The van der Waals surface area contributed by atoms with Crippen molar-refractivity contribution in [2.24, 2.45) is 0 Å². The molecular weight excluding hydrogens is 324 g/mol. The number of hydrogen-bond acceptors (Lipinski definition) is 6. The van der Waals surface area contributed by atoms with Gasteiger partial charge in [-0.1, -0.05) is 0 Å². The first-order valence-corrected chi connectivity index (χ1v) is 8.55. The second-order valence-electron chi connectivity index (χ2n) is 5.10. The van der Waals surface area contributed by atoms with Crippen LogP contribution in [0.3, 0.4) is 0 Å². The summed E-state index contributed by atoms with van der Waals surface area (Å²) in [7, 11) is -1.07. The van der Waals surface area contributed by atoms with Crippen LogP contribution in [-0.4, -0.2) is 58.9 Å². The maximum atomic E-state index is 12.5. The summed E-state index contributed by atoms with van der Waals surface area (Å²) in [5.41, 5.74) is 0.110. The summed E-state index contributed by atoms with van der Waals surface area (Å²) in [5, 5.41) is 12.3. The van der Waals surface area contributed by atoms with E-state index in [0.717, 1.165) is 0 Å². The lowest BCUT2D eigenvalue weighted by Gasteiger charge is -2.28. The van der Waals surface area contributed by atoms with Gasteiger partial charge in [0.1, 0.15) is 5.75 Å². The van der Waals surface area contributed by atoms with Gasteiger partial charge in [0.25, 0.3) is 5.91 Å². The highest BCUT2D eigenvalue weighted by Gasteiger charge is 2.29. The number of amides is 1. The molecule has 0 radical (unpaired) electrons. The van der Waals surface area contributed by atoms with Gasteiger partial charge in [-0.3, -0.25) is 4.79 Å². The topological polar surface area (TPSA) is 114 Å². The Kier molecular flexibility index (Phi) is 5.58. The van der Waals surface area contributed by atoms with E-state index in [9.17, 15) is 18.3 Å². The number of hydrogen-bond donors (Lipinski definition) is 3. The molecule has 3 N–H and O–H groups in total. The third-order valence-electron chi connectivity index (χ3n) is 3.58. The average Bonchev–Trinajstić information content (AvgIpc) is 2.55. The largest absolute Gasteiger partial charge is 0.496 e. The van der Waals surface area contributed by atoms with Gasteiger partial charge in [0.2, 0.25) is 10.0 Å². The number of aliphatic hydroxyl groups is 1. The van der Waals surface area contributed by atoms with E-state index in [0.29, 0.717) is 13.0 Å². The first kappa shape index (κ1) is 17.7. The van der Waals surface area contributed by atoms with Crippen LogP contribution in [0.1, 0.15) is 16.8 Å². The molecule has 1 aliphatic rings. The highest BCUT2D eigenvalue weighted by Crippen LogP contribution is 2.23. The van der Waals surface area contributed by atoms with E-state index >= 15 is 0 Å². The van der Waals surface area contributed by atoms with Crippen molar-refractivity contribution in [1.29, 1.82) is 0 Å². The van der Waals surface area contributed by atoms with Gasteiger partial charge < -0.3 is 19.9 Å². The van der Waals surface area contributed by atoms with Crippen LogP contribution in [0.15, 0.2) is 23.1 Å². The van der Waals surface area contributed by atoms with Crippen molar-refractivity contribution >= 4 is 15.9 Å². The van der Waals surface area contributed by atoms with Crippen LogP contribution in [0.5, 0.6) is 5.75 Å². The molecule has 0 spiro atoms. The predicted octanol–water partition coefficient (Wildman–Crippen LogP) is -0.517. The monoisotopic (exact) mass is 344 g/mol. The number of carbonyl (C=O) groups excluding carboxylic acids is 1. The van der Waals surface area contributed by atoms with Crippen molar-refractivity contribution in [2.45, 2.75) is 23.5 Å². The highest BCUT2D eigenvalue weighted by molar-refractivity contribution is 7.89. The van der Waals surface area contributed by atoms with E-state index in [-0.39, 0.29) is 22.8 Å². The molecule has 1 fully saturated rings. The Morgan fingerprint density at radius 2 is 2.17 bits per heavy atom. The third kappa shape index (κ3) is 3.99. The molecule has 1 saturated heterocycles. The number of sulfonamides is 1. The van der Waals surface area contributed by atoms with Crippen LogP contribution in [0.4, 0.5) is 0 Å². The van der Waals surface area contributed by atoms with Crippen LogP contribution < -0.4 is 14.8 Å². The Hall–Kier alpha value is -1.68. The molecule has 0 aromatic heterocycles. The summed E-state index contributed by atoms with van der Waals surface area (Å²) in [5.74, 6) is -0.190. The number of ether oxygens (including phenoxy) is 2. The zero-order valence-electron chi connectivity index (χ0n) is 12.9. The van der Waals surface area contributed by atoms with Gasteiger partial charge in [0, 0.05) is 13.7 Å². The molecule has 0 bridgehead atoms. The smallest absolute Gasteiger partial charge is 0.254 e. The minimum absolute atomic E-state index is 0.0883. The molecule has 23 heavy (non-hydrogen) atoms. The zero-order valence-corrected chi connectivity index (χ0v) is 13.7. The van der Waals surface area contributed by atoms with Gasteiger partial charge in [-0.05, 0) is 24.6 Å². The minimum atomic E-state index is -3.91. The quantitative estimate of drug-likeness (QED) is 0.662. The average molecular weight is 344 g/mol. The van der Waals surface area contributed by atoms with E-state index in [1.165, 1.54) is 32.4 Å². The molecule has 8 nitrogen and oxygen atoms in total. The summed E-state index contributed by atoms with van der Waals surface area (Å²) in [6.07, 6.45) is -0.450. The SMILES string of the molecule is CNC(=O)c1cc(S(=O)(=O)N[C@@H]2COCC[C@H]2O)ccc1OC. The number of rotatable bonds is 5. The van der Waals surface area contributed by atoms with Gasteiger partial charge in [-0.15, -0.1) is 0 Å². The van der Waals surface area contributed by atoms with Crippen molar-refractivity contribution < 1.29 is 27.8 Å². The van der Waals surface area contributed by atoms with Crippen LogP contribution in [-0.2, 0) is 14.8 Å². The van der Waals surface area contributed by atoms with Crippen molar-refractivity contribution in [1.82, 2.24) is 10.0 Å².